The van der Waals surface area contributed by atoms with Crippen LogP contribution in [0.4, 0.5) is 5.69 Å². The SMILES string of the molecule is C#Cc1cccc(NCC(O)COCCOC(C)C)c1. The topological polar surface area (TPSA) is 50.7 Å². The summed E-state index contributed by atoms with van der Waals surface area (Å²) >= 11 is 0. The summed E-state index contributed by atoms with van der Waals surface area (Å²) in [6, 6.07) is 7.51. The molecule has 110 valence electrons. The van der Waals surface area contributed by atoms with Crippen molar-refractivity contribution < 1.29 is 14.6 Å². The molecule has 20 heavy (non-hydrogen) atoms. The maximum atomic E-state index is 9.78. The molecule has 1 atom stereocenters. The Balaban J connectivity index is 2.16. The van der Waals surface area contributed by atoms with Crippen LogP contribution in [0.2, 0.25) is 0 Å². The number of aliphatic hydroxyl groups is 1. The molecule has 0 radical (unpaired) electrons. The van der Waals surface area contributed by atoms with Gasteiger partial charge in [-0.15, -0.1) is 6.42 Å². The van der Waals surface area contributed by atoms with Crippen LogP contribution in [0, 0.1) is 12.3 Å². The van der Waals surface area contributed by atoms with Gasteiger partial charge in [0.2, 0.25) is 0 Å². The van der Waals surface area contributed by atoms with Gasteiger partial charge in [-0.25, -0.2) is 0 Å². The van der Waals surface area contributed by atoms with E-state index in [-0.39, 0.29) is 12.7 Å². The highest BCUT2D eigenvalue weighted by atomic mass is 16.5. The molecule has 0 spiro atoms. The van der Waals surface area contributed by atoms with E-state index in [1.54, 1.807) is 0 Å². The Hall–Kier alpha value is -1.54. The highest BCUT2D eigenvalue weighted by Crippen LogP contribution is 2.09. The molecule has 0 fully saturated rings. The zero-order valence-electron chi connectivity index (χ0n) is 12.1. The normalized spacial score (nSPS) is 12.2. The zero-order chi connectivity index (χ0) is 14.8. The van der Waals surface area contributed by atoms with Crippen molar-refractivity contribution in [3.05, 3.63) is 29.8 Å². The summed E-state index contributed by atoms with van der Waals surface area (Å²) in [7, 11) is 0. The molecule has 4 heteroatoms. The molecule has 0 aliphatic rings. The van der Waals surface area contributed by atoms with Crippen molar-refractivity contribution in [2.45, 2.75) is 26.1 Å². The van der Waals surface area contributed by atoms with Crippen LogP contribution in [0.15, 0.2) is 24.3 Å². The van der Waals surface area contributed by atoms with Crippen molar-refractivity contribution in [2.24, 2.45) is 0 Å². The van der Waals surface area contributed by atoms with E-state index in [1.165, 1.54) is 0 Å². The molecule has 0 bridgehead atoms. The molecular formula is C16H23NO3. The Morgan fingerprint density at radius 1 is 1.35 bits per heavy atom. The summed E-state index contributed by atoms with van der Waals surface area (Å²) in [5, 5.41) is 12.9. The number of benzene rings is 1. The van der Waals surface area contributed by atoms with Gasteiger partial charge in [0.1, 0.15) is 0 Å². The number of nitrogens with one attached hydrogen (secondary N) is 1. The van der Waals surface area contributed by atoms with Crippen molar-refractivity contribution in [2.75, 3.05) is 31.7 Å². The van der Waals surface area contributed by atoms with Crippen LogP contribution in [0.5, 0.6) is 0 Å². The van der Waals surface area contributed by atoms with E-state index >= 15 is 0 Å². The smallest absolute Gasteiger partial charge is 0.0945 e. The van der Waals surface area contributed by atoms with Crippen molar-refractivity contribution in [3.8, 4) is 12.3 Å². The van der Waals surface area contributed by atoms with Crippen LogP contribution >= 0.6 is 0 Å². The van der Waals surface area contributed by atoms with E-state index in [0.29, 0.717) is 19.8 Å². The molecule has 0 aliphatic carbocycles. The first-order valence-electron chi connectivity index (χ1n) is 6.79. The molecule has 1 unspecified atom stereocenters. The average Bonchev–Trinajstić information content (AvgIpc) is 2.44. The average molecular weight is 277 g/mol. The Kier molecular flexibility index (Phi) is 7.74. The molecule has 1 aromatic carbocycles. The standard InChI is InChI=1S/C16H23NO3/c1-4-14-6-5-7-15(10-14)17-11-16(18)12-19-8-9-20-13(2)3/h1,5-7,10,13,16-18H,8-9,11-12H2,2-3H3. The van der Waals surface area contributed by atoms with Crippen LogP contribution in [0.25, 0.3) is 0 Å². The fourth-order valence-electron chi connectivity index (χ4n) is 1.58. The predicted molar refractivity (Wildman–Crippen MR) is 80.8 cm³/mol. The Labute approximate surface area is 121 Å². The fourth-order valence-corrected chi connectivity index (χ4v) is 1.58. The lowest BCUT2D eigenvalue weighted by molar-refractivity contribution is -0.00734. The van der Waals surface area contributed by atoms with E-state index in [1.807, 2.05) is 38.1 Å². The summed E-state index contributed by atoms with van der Waals surface area (Å²) in [6.07, 6.45) is 4.97. The molecule has 1 rings (SSSR count). The minimum Gasteiger partial charge on any atom is -0.389 e. The first-order valence-corrected chi connectivity index (χ1v) is 6.79. The van der Waals surface area contributed by atoms with Gasteiger partial charge < -0.3 is 19.9 Å². The van der Waals surface area contributed by atoms with Gasteiger partial charge in [0.25, 0.3) is 0 Å². The van der Waals surface area contributed by atoms with Gasteiger partial charge in [0.05, 0.1) is 32.0 Å². The summed E-state index contributed by atoms with van der Waals surface area (Å²) in [5.74, 6) is 2.57. The van der Waals surface area contributed by atoms with Crippen molar-refractivity contribution in [1.29, 1.82) is 0 Å². The first kappa shape index (κ1) is 16.5. The van der Waals surface area contributed by atoms with E-state index in [9.17, 15) is 5.11 Å². The lowest BCUT2D eigenvalue weighted by Crippen LogP contribution is -2.25. The van der Waals surface area contributed by atoms with Crippen LogP contribution in [-0.2, 0) is 9.47 Å². The quantitative estimate of drug-likeness (QED) is 0.534. The molecule has 4 nitrogen and oxygen atoms in total. The largest absolute Gasteiger partial charge is 0.389 e. The Morgan fingerprint density at radius 2 is 2.15 bits per heavy atom. The second-order valence-electron chi connectivity index (χ2n) is 4.75. The summed E-state index contributed by atoms with van der Waals surface area (Å²) in [5.41, 5.74) is 1.70. The second kappa shape index (κ2) is 9.38. The van der Waals surface area contributed by atoms with Crippen molar-refractivity contribution in [1.82, 2.24) is 0 Å². The van der Waals surface area contributed by atoms with Crippen LogP contribution < -0.4 is 5.32 Å². The van der Waals surface area contributed by atoms with Crippen molar-refractivity contribution in [3.63, 3.8) is 0 Å². The van der Waals surface area contributed by atoms with E-state index < -0.39 is 6.10 Å². The number of terminal acetylenes is 1. The second-order valence-corrected chi connectivity index (χ2v) is 4.75. The van der Waals surface area contributed by atoms with Gasteiger partial charge in [-0.05, 0) is 32.0 Å². The molecule has 2 N–H and O–H groups in total. The summed E-state index contributed by atoms with van der Waals surface area (Å²) < 4.78 is 10.7. The van der Waals surface area contributed by atoms with Gasteiger partial charge >= 0.3 is 0 Å². The minimum atomic E-state index is -0.566. The summed E-state index contributed by atoms with van der Waals surface area (Å²) in [6.45, 7) is 5.68. The maximum Gasteiger partial charge on any atom is 0.0945 e. The first-order chi connectivity index (χ1) is 9.61. The number of anilines is 1. The molecule has 0 aromatic heterocycles. The maximum absolute atomic E-state index is 9.78. The Morgan fingerprint density at radius 3 is 2.85 bits per heavy atom. The van der Waals surface area contributed by atoms with E-state index in [2.05, 4.69) is 11.2 Å². The molecule has 0 saturated carbocycles. The van der Waals surface area contributed by atoms with Gasteiger partial charge in [-0.3, -0.25) is 0 Å². The minimum absolute atomic E-state index is 0.202. The third-order valence-corrected chi connectivity index (χ3v) is 2.56. The van der Waals surface area contributed by atoms with Crippen molar-refractivity contribution >= 4 is 5.69 Å². The van der Waals surface area contributed by atoms with E-state index in [0.717, 1.165) is 11.3 Å². The van der Waals surface area contributed by atoms with Gasteiger partial charge in [0, 0.05) is 17.8 Å². The number of hydrogen-bond acceptors (Lipinski definition) is 4. The molecular weight excluding hydrogens is 254 g/mol. The third kappa shape index (κ3) is 7.15. The number of rotatable bonds is 9. The number of hydrogen-bond donors (Lipinski definition) is 2. The van der Waals surface area contributed by atoms with Crippen LogP contribution in [0.1, 0.15) is 19.4 Å². The summed E-state index contributed by atoms with van der Waals surface area (Å²) in [4.78, 5) is 0. The Bertz CT molecular complexity index is 426. The predicted octanol–water partition coefficient (Wildman–Crippen LogP) is 1.88. The fraction of sp³-hybridized carbons (Fsp3) is 0.500. The third-order valence-electron chi connectivity index (χ3n) is 2.56. The highest BCUT2D eigenvalue weighted by Gasteiger charge is 2.04. The van der Waals surface area contributed by atoms with Crippen LogP contribution in [0.3, 0.4) is 0 Å². The molecule has 0 amide bonds. The number of aliphatic hydroxyl groups excluding tert-OH is 1. The van der Waals surface area contributed by atoms with E-state index in [4.69, 9.17) is 15.9 Å². The van der Waals surface area contributed by atoms with Crippen LogP contribution in [-0.4, -0.2) is 43.7 Å². The van der Waals surface area contributed by atoms with Gasteiger partial charge in [0.15, 0.2) is 0 Å². The monoisotopic (exact) mass is 277 g/mol. The highest BCUT2D eigenvalue weighted by molar-refractivity contribution is 5.49. The molecule has 1 aromatic rings. The zero-order valence-corrected chi connectivity index (χ0v) is 12.1. The lowest BCUT2D eigenvalue weighted by Gasteiger charge is -2.14. The molecule has 0 saturated heterocycles. The van der Waals surface area contributed by atoms with Gasteiger partial charge in [-0.2, -0.15) is 0 Å². The lowest BCUT2D eigenvalue weighted by atomic mass is 10.2. The molecule has 0 heterocycles. The number of ether oxygens (including phenoxy) is 2. The van der Waals surface area contributed by atoms with Gasteiger partial charge in [-0.1, -0.05) is 12.0 Å². The molecule has 0 aliphatic heterocycles.